The summed E-state index contributed by atoms with van der Waals surface area (Å²) >= 11 is 0. The van der Waals surface area contributed by atoms with E-state index >= 15 is 0 Å². The Kier molecular flexibility index (Phi) is 6.73. The molecule has 0 radical (unpaired) electrons. The summed E-state index contributed by atoms with van der Waals surface area (Å²) in [6.07, 6.45) is 0.0718. The lowest BCUT2D eigenvalue weighted by molar-refractivity contribution is -0.138. The minimum absolute atomic E-state index is 0.00209. The van der Waals surface area contributed by atoms with E-state index in [0.29, 0.717) is 0 Å². The van der Waals surface area contributed by atoms with Crippen molar-refractivity contribution in [2.45, 2.75) is 19.4 Å². The van der Waals surface area contributed by atoms with Crippen LogP contribution in [0, 0.1) is 11.3 Å². The van der Waals surface area contributed by atoms with Crippen molar-refractivity contribution in [2.24, 2.45) is 0 Å². The number of rotatable bonds is 7. The summed E-state index contributed by atoms with van der Waals surface area (Å²) in [5.74, 6) is -1.27. The van der Waals surface area contributed by atoms with E-state index in [0.717, 1.165) is 6.26 Å². The highest BCUT2D eigenvalue weighted by molar-refractivity contribution is 7.92. The van der Waals surface area contributed by atoms with Crippen LogP contribution in [0.15, 0.2) is 24.3 Å². The number of anilines is 1. The number of sulfonamides is 1. The number of likely N-dealkylation sites (N-methyl/N-ethyl adjacent to an activating group) is 1. The van der Waals surface area contributed by atoms with Gasteiger partial charge in [-0.2, -0.15) is 5.26 Å². The maximum atomic E-state index is 12.2. The Hall–Kier alpha value is -2.60. The molecule has 0 saturated heterocycles. The molecule has 1 aromatic rings. The number of para-hydroxylation sites is 1. The van der Waals surface area contributed by atoms with Crippen molar-refractivity contribution in [3.63, 3.8) is 0 Å². The largest absolute Gasteiger partial charge is 0.449 e. The molecular weight excluding hydrogens is 334 g/mol. The van der Waals surface area contributed by atoms with Crippen molar-refractivity contribution in [3.05, 3.63) is 29.8 Å². The number of hydrogen-bond acceptors (Lipinski definition) is 6. The predicted octanol–water partition coefficient (Wildman–Crippen LogP) is 0.975. The number of carbonyl (C=O) groups excluding carboxylic acids is 2. The lowest BCUT2D eigenvalue weighted by Gasteiger charge is -2.21. The van der Waals surface area contributed by atoms with Gasteiger partial charge < -0.3 is 9.64 Å². The van der Waals surface area contributed by atoms with Crippen LogP contribution in [0.2, 0.25) is 0 Å². The van der Waals surface area contributed by atoms with E-state index in [2.05, 4.69) is 4.72 Å². The summed E-state index contributed by atoms with van der Waals surface area (Å²) in [4.78, 5) is 25.6. The Labute approximate surface area is 141 Å². The Morgan fingerprint density at radius 3 is 2.58 bits per heavy atom. The molecule has 0 fully saturated rings. The molecule has 1 N–H and O–H groups in total. The number of esters is 1. The van der Waals surface area contributed by atoms with Crippen molar-refractivity contribution in [3.8, 4) is 6.07 Å². The van der Waals surface area contributed by atoms with E-state index in [9.17, 15) is 18.0 Å². The summed E-state index contributed by atoms with van der Waals surface area (Å²) in [6.45, 7) is 1.64. The number of nitriles is 1. The molecule has 1 amide bonds. The summed E-state index contributed by atoms with van der Waals surface area (Å²) in [7, 11) is -2.06. The van der Waals surface area contributed by atoms with Crippen molar-refractivity contribution in [1.29, 1.82) is 5.26 Å². The van der Waals surface area contributed by atoms with Gasteiger partial charge in [0.1, 0.15) is 0 Å². The van der Waals surface area contributed by atoms with Crippen molar-refractivity contribution in [2.75, 3.05) is 24.6 Å². The van der Waals surface area contributed by atoms with Crippen molar-refractivity contribution >= 4 is 27.6 Å². The van der Waals surface area contributed by atoms with E-state index in [1.807, 2.05) is 6.07 Å². The highest BCUT2D eigenvalue weighted by Crippen LogP contribution is 2.18. The third kappa shape index (κ3) is 5.89. The van der Waals surface area contributed by atoms with Crippen LogP contribution in [0.1, 0.15) is 23.7 Å². The number of nitrogens with one attached hydrogen (secondary N) is 1. The zero-order chi connectivity index (χ0) is 18.3. The topological polar surface area (TPSA) is 117 Å². The van der Waals surface area contributed by atoms with Gasteiger partial charge in [0, 0.05) is 13.6 Å². The summed E-state index contributed by atoms with van der Waals surface area (Å²) < 4.78 is 30.0. The molecule has 1 aromatic carbocycles. The fourth-order valence-corrected chi connectivity index (χ4v) is 2.44. The molecule has 0 bridgehead atoms. The molecule has 0 spiro atoms. The summed E-state index contributed by atoms with van der Waals surface area (Å²) in [5.41, 5.74) is 0.0738. The third-order valence-electron chi connectivity index (χ3n) is 3.01. The van der Waals surface area contributed by atoms with E-state index in [1.54, 1.807) is 12.1 Å². The second-order valence-electron chi connectivity index (χ2n) is 5.14. The van der Waals surface area contributed by atoms with Gasteiger partial charge in [-0.25, -0.2) is 13.2 Å². The zero-order valence-corrected chi connectivity index (χ0v) is 14.5. The highest BCUT2D eigenvalue weighted by Gasteiger charge is 2.23. The summed E-state index contributed by atoms with van der Waals surface area (Å²) in [5, 5.41) is 8.52. The maximum Gasteiger partial charge on any atom is 0.341 e. The zero-order valence-electron chi connectivity index (χ0n) is 13.6. The molecule has 0 aliphatic carbocycles. The predicted molar refractivity (Wildman–Crippen MR) is 87.7 cm³/mol. The first-order valence-electron chi connectivity index (χ1n) is 7.05. The molecule has 1 rings (SSSR count). The number of amides is 1. The molecule has 24 heavy (non-hydrogen) atoms. The second-order valence-corrected chi connectivity index (χ2v) is 6.88. The van der Waals surface area contributed by atoms with Gasteiger partial charge in [-0.3, -0.25) is 9.52 Å². The Balaban J connectivity index is 2.85. The van der Waals surface area contributed by atoms with E-state index < -0.39 is 28.0 Å². The molecule has 0 unspecified atom stereocenters. The Morgan fingerprint density at radius 1 is 1.38 bits per heavy atom. The standard InChI is InChI=1S/C15H19N3O5S/c1-11(14(19)18(2)10-6-9-16)23-15(20)12-7-4-5-8-13(12)17-24(3,21)22/h4-5,7-8,11,17H,6,10H2,1-3H3/t11-/m1/s1. The minimum atomic E-state index is -3.57. The fraction of sp³-hybridized carbons (Fsp3) is 0.400. The van der Waals surface area contributed by atoms with E-state index in [-0.39, 0.29) is 24.2 Å². The number of carbonyl (C=O) groups is 2. The first-order chi connectivity index (χ1) is 11.2. The van der Waals surface area contributed by atoms with Crippen LogP contribution < -0.4 is 4.72 Å². The van der Waals surface area contributed by atoms with Crippen LogP contribution in [0.5, 0.6) is 0 Å². The average Bonchev–Trinajstić information content (AvgIpc) is 2.50. The van der Waals surface area contributed by atoms with Gasteiger partial charge in [0.05, 0.1) is 30.0 Å². The number of ether oxygens (including phenoxy) is 1. The number of hydrogen-bond donors (Lipinski definition) is 1. The van der Waals surface area contributed by atoms with Crippen LogP contribution in [0.4, 0.5) is 5.69 Å². The molecule has 0 aliphatic rings. The molecule has 0 heterocycles. The first kappa shape index (κ1) is 19.4. The average molecular weight is 353 g/mol. The molecule has 0 aromatic heterocycles. The quantitative estimate of drug-likeness (QED) is 0.730. The van der Waals surface area contributed by atoms with Crippen LogP contribution in [0.25, 0.3) is 0 Å². The Morgan fingerprint density at radius 2 is 2.00 bits per heavy atom. The van der Waals surface area contributed by atoms with Gasteiger partial charge in [-0.15, -0.1) is 0 Å². The molecular formula is C15H19N3O5S. The SMILES string of the molecule is C[C@@H](OC(=O)c1ccccc1NS(C)(=O)=O)C(=O)N(C)CCC#N. The number of benzene rings is 1. The number of nitrogens with zero attached hydrogens (tertiary/aromatic N) is 2. The van der Waals surface area contributed by atoms with E-state index in [1.165, 1.54) is 31.0 Å². The third-order valence-corrected chi connectivity index (χ3v) is 3.60. The van der Waals surface area contributed by atoms with Crippen LogP contribution in [-0.4, -0.2) is 51.1 Å². The van der Waals surface area contributed by atoms with Crippen LogP contribution in [0.3, 0.4) is 0 Å². The lowest BCUT2D eigenvalue weighted by atomic mass is 10.2. The molecule has 9 heteroatoms. The molecule has 1 atom stereocenters. The second kappa shape index (κ2) is 8.31. The monoisotopic (exact) mass is 353 g/mol. The van der Waals surface area contributed by atoms with Gasteiger partial charge >= 0.3 is 5.97 Å². The van der Waals surface area contributed by atoms with Crippen LogP contribution in [-0.2, 0) is 19.6 Å². The van der Waals surface area contributed by atoms with Gasteiger partial charge in [-0.05, 0) is 19.1 Å². The smallest absolute Gasteiger partial charge is 0.341 e. The van der Waals surface area contributed by atoms with Gasteiger partial charge in [-0.1, -0.05) is 12.1 Å². The minimum Gasteiger partial charge on any atom is -0.449 e. The molecule has 0 aliphatic heterocycles. The molecule has 0 saturated carbocycles. The van der Waals surface area contributed by atoms with Crippen molar-refractivity contribution in [1.82, 2.24) is 4.90 Å². The normalized spacial score (nSPS) is 11.9. The van der Waals surface area contributed by atoms with Gasteiger partial charge in [0.2, 0.25) is 10.0 Å². The molecule has 8 nitrogen and oxygen atoms in total. The van der Waals surface area contributed by atoms with Gasteiger partial charge in [0.15, 0.2) is 6.10 Å². The molecule has 130 valence electrons. The Bertz CT molecular complexity index is 755. The van der Waals surface area contributed by atoms with Gasteiger partial charge in [0.25, 0.3) is 5.91 Å². The fourth-order valence-electron chi connectivity index (χ4n) is 1.86. The first-order valence-corrected chi connectivity index (χ1v) is 8.94. The van der Waals surface area contributed by atoms with Crippen molar-refractivity contribution < 1.29 is 22.7 Å². The lowest BCUT2D eigenvalue weighted by Crippen LogP contribution is -2.38. The summed E-state index contributed by atoms with van der Waals surface area (Å²) in [6, 6.07) is 7.85. The van der Waals surface area contributed by atoms with E-state index in [4.69, 9.17) is 10.00 Å². The highest BCUT2D eigenvalue weighted by atomic mass is 32.2. The van der Waals surface area contributed by atoms with Crippen LogP contribution >= 0.6 is 0 Å². The maximum absolute atomic E-state index is 12.2.